The molecule has 19 heavy (non-hydrogen) atoms. The lowest BCUT2D eigenvalue weighted by Crippen LogP contribution is -2.08. The summed E-state index contributed by atoms with van der Waals surface area (Å²) in [4.78, 5) is 5.57. The predicted octanol–water partition coefficient (Wildman–Crippen LogP) is 4.29. The molecule has 0 saturated heterocycles. The van der Waals surface area contributed by atoms with E-state index in [2.05, 4.69) is 9.36 Å². The topological polar surface area (TPSA) is 41.8 Å². The van der Waals surface area contributed by atoms with Gasteiger partial charge in [0.15, 0.2) is 0 Å². The van der Waals surface area contributed by atoms with Gasteiger partial charge in [-0.25, -0.2) is 9.20 Å². The van der Waals surface area contributed by atoms with Crippen molar-refractivity contribution in [3.8, 4) is 0 Å². The van der Waals surface area contributed by atoms with Crippen LogP contribution in [0, 0.1) is 0 Å². The first kappa shape index (κ1) is 12.4. The normalized spacial score (nSPS) is 21.3. The van der Waals surface area contributed by atoms with Gasteiger partial charge in [-0.15, -0.1) is 0 Å². The molecule has 3 rings (SSSR count). The van der Waals surface area contributed by atoms with Crippen molar-refractivity contribution >= 4 is 32.9 Å². The van der Waals surface area contributed by atoms with Crippen LogP contribution >= 0.6 is 11.6 Å². The lowest BCUT2D eigenvalue weighted by molar-refractivity contribution is 0.676. The molecular formula is C14H11ClN2OS. The van der Waals surface area contributed by atoms with Gasteiger partial charge in [0.2, 0.25) is 0 Å². The van der Waals surface area contributed by atoms with Crippen molar-refractivity contribution in [2.45, 2.75) is 16.7 Å². The maximum atomic E-state index is 13.3. The van der Waals surface area contributed by atoms with E-state index >= 15 is 0 Å². The van der Waals surface area contributed by atoms with Crippen LogP contribution in [0.25, 0.3) is 0 Å². The summed E-state index contributed by atoms with van der Waals surface area (Å²) in [7, 11) is -2.69. The first-order valence-corrected chi connectivity index (χ1v) is 7.66. The number of hydrogen-bond donors (Lipinski definition) is 0. The third-order valence-corrected chi connectivity index (χ3v) is 5.42. The summed E-state index contributed by atoms with van der Waals surface area (Å²) in [5.74, 6) is 0.517. The van der Waals surface area contributed by atoms with Crippen LogP contribution in [0.5, 0.6) is 0 Å². The number of amidine groups is 1. The summed E-state index contributed by atoms with van der Waals surface area (Å²) in [6, 6.07) is 14.4. The molecule has 0 spiro atoms. The van der Waals surface area contributed by atoms with E-state index in [-0.39, 0.29) is 0 Å². The van der Waals surface area contributed by atoms with Gasteiger partial charge in [0.1, 0.15) is 15.6 Å². The van der Waals surface area contributed by atoms with Crippen molar-refractivity contribution in [1.29, 1.82) is 0 Å². The Labute approximate surface area is 117 Å². The first-order valence-electron chi connectivity index (χ1n) is 5.77. The van der Waals surface area contributed by atoms with E-state index in [1.807, 2.05) is 30.3 Å². The highest BCUT2D eigenvalue weighted by Crippen LogP contribution is 2.36. The van der Waals surface area contributed by atoms with Crippen LogP contribution in [0.3, 0.4) is 0 Å². The second-order valence-corrected chi connectivity index (χ2v) is 6.78. The van der Waals surface area contributed by atoms with Gasteiger partial charge in [-0.05, 0) is 37.3 Å². The molecule has 0 bridgehead atoms. The Morgan fingerprint density at radius 3 is 2.58 bits per heavy atom. The molecule has 0 fully saturated rings. The minimum absolute atomic E-state index is 0.517. The molecule has 96 valence electrons. The SMILES string of the molecule is CC1=Nc2ccc(Cl)cc2S(=O)(c2ccccc2)=N1. The standard InChI is InChI=1S/C14H11ClN2OS/c1-10-16-13-8-7-11(15)9-14(13)19(18,17-10)12-5-3-2-4-6-12/h2-9H,1H3. The summed E-state index contributed by atoms with van der Waals surface area (Å²) >= 11 is 6.01. The van der Waals surface area contributed by atoms with E-state index in [0.29, 0.717) is 26.3 Å². The zero-order chi connectivity index (χ0) is 13.5. The van der Waals surface area contributed by atoms with Gasteiger partial charge in [0, 0.05) is 5.02 Å². The number of fused-ring (bicyclic) bond motifs is 1. The van der Waals surface area contributed by atoms with E-state index < -0.39 is 9.73 Å². The third-order valence-electron chi connectivity index (χ3n) is 2.83. The molecule has 0 aromatic heterocycles. The summed E-state index contributed by atoms with van der Waals surface area (Å²) in [6.45, 7) is 1.75. The highest BCUT2D eigenvalue weighted by atomic mass is 35.5. The number of aliphatic imine (C=N–C) groups is 1. The molecule has 1 unspecified atom stereocenters. The van der Waals surface area contributed by atoms with E-state index in [4.69, 9.17) is 11.6 Å². The fourth-order valence-corrected chi connectivity index (χ4v) is 4.33. The van der Waals surface area contributed by atoms with Gasteiger partial charge < -0.3 is 0 Å². The van der Waals surface area contributed by atoms with Crippen molar-refractivity contribution in [2.75, 3.05) is 0 Å². The van der Waals surface area contributed by atoms with Gasteiger partial charge in [-0.3, -0.25) is 0 Å². The van der Waals surface area contributed by atoms with Crippen LogP contribution in [0.1, 0.15) is 6.92 Å². The minimum atomic E-state index is -2.69. The Morgan fingerprint density at radius 2 is 1.84 bits per heavy atom. The number of benzene rings is 2. The van der Waals surface area contributed by atoms with Gasteiger partial charge >= 0.3 is 0 Å². The van der Waals surface area contributed by atoms with E-state index in [0.717, 1.165) is 0 Å². The van der Waals surface area contributed by atoms with Gasteiger partial charge in [0.05, 0.1) is 15.5 Å². The molecule has 1 atom stereocenters. The zero-order valence-corrected chi connectivity index (χ0v) is 11.8. The van der Waals surface area contributed by atoms with Crippen molar-refractivity contribution < 1.29 is 4.21 Å². The Bertz CT molecular complexity index is 790. The highest BCUT2D eigenvalue weighted by Gasteiger charge is 2.23. The summed E-state index contributed by atoms with van der Waals surface area (Å²) < 4.78 is 17.6. The molecule has 3 nitrogen and oxygen atoms in total. The van der Waals surface area contributed by atoms with Crippen molar-refractivity contribution in [3.05, 3.63) is 53.6 Å². The summed E-state index contributed by atoms with van der Waals surface area (Å²) in [5.41, 5.74) is 0.672. The Hall–Kier alpha value is -1.65. The van der Waals surface area contributed by atoms with Gasteiger partial charge in [-0.2, -0.15) is 4.36 Å². The molecule has 0 saturated carbocycles. The van der Waals surface area contributed by atoms with Crippen LogP contribution in [0.2, 0.25) is 5.02 Å². The third kappa shape index (κ3) is 2.07. The van der Waals surface area contributed by atoms with Crippen LogP contribution < -0.4 is 0 Å². The van der Waals surface area contributed by atoms with Crippen LogP contribution in [0.15, 0.2) is 67.7 Å². The predicted molar refractivity (Wildman–Crippen MR) is 77.8 cm³/mol. The molecule has 0 amide bonds. The first-order chi connectivity index (χ1) is 9.09. The van der Waals surface area contributed by atoms with E-state index in [1.165, 1.54) is 0 Å². The Balaban J connectivity index is 2.37. The molecule has 0 aliphatic carbocycles. The molecule has 0 N–H and O–H groups in total. The minimum Gasteiger partial charge on any atom is -0.239 e. The van der Waals surface area contributed by atoms with Gasteiger partial charge in [0.25, 0.3) is 0 Å². The fourth-order valence-electron chi connectivity index (χ4n) is 2.02. The number of nitrogens with zero attached hydrogens (tertiary/aromatic N) is 2. The van der Waals surface area contributed by atoms with Crippen LogP contribution in [0.4, 0.5) is 5.69 Å². The second-order valence-electron chi connectivity index (χ2n) is 4.20. The number of halogens is 1. The van der Waals surface area contributed by atoms with Crippen molar-refractivity contribution in [2.24, 2.45) is 9.36 Å². The molecule has 2 aromatic carbocycles. The van der Waals surface area contributed by atoms with Crippen LogP contribution in [-0.2, 0) is 9.73 Å². The van der Waals surface area contributed by atoms with Crippen LogP contribution in [-0.4, -0.2) is 10.0 Å². The maximum Gasteiger partial charge on any atom is 0.136 e. The molecule has 2 aromatic rings. The molecule has 0 radical (unpaired) electrons. The second kappa shape index (κ2) is 4.47. The molecular weight excluding hydrogens is 280 g/mol. The average molecular weight is 291 g/mol. The molecule has 1 heterocycles. The number of rotatable bonds is 1. The summed E-state index contributed by atoms with van der Waals surface area (Å²) in [5, 5.41) is 0.535. The van der Waals surface area contributed by atoms with Crippen molar-refractivity contribution in [3.63, 3.8) is 0 Å². The molecule has 1 aliphatic rings. The highest BCUT2D eigenvalue weighted by molar-refractivity contribution is 7.94. The van der Waals surface area contributed by atoms with Crippen molar-refractivity contribution in [1.82, 2.24) is 0 Å². The van der Waals surface area contributed by atoms with E-state index in [9.17, 15) is 4.21 Å². The lowest BCUT2D eigenvalue weighted by atomic mass is 10.3. The summed E-state index contributed by atoms with van der Waals surface area (Å²) in [6.07, 6.45) is 0. The molecule has 1 aliphatic heterocycles. The smallest absolute Gasteiger partial charge is 0.136 e. The molecule has 5 heteroatoms. The monoisotopic (exact) mass is 290 g/mol. The maximum absolute atomic E-state index is 13.3. The van der Waals surface area contributed by atoms with Gasteiger partial charge in [-0.1, -0.05) is 29.8 Å². The quantitative estimate of drug-likeness (QED) is 0.772. The lowest BCUT2D eigenvalue weighted by Gasteiger charge is -2.17. The average Bonchev–Trinajstić information content (AvgIpc) is 2.41. The zero-order valence-electron chi connectivity index (χ0n) is 10.2. The fraction of sp³-hybridized carbons (Fsp3) is 0.0714. The Kier molecular flexibility index (Phi) is 2.92. The Morgan fingerprint density at radius 1 is 1.11 bits per heavy atom. The number of hydrogen-bond acceptors (Lipinski definition) is 3. The largest absolute Gasteiger partial charge is 0.239 e. The van der Waals surface area contributed by atoms with E-state index in [1.54, 1.807) is 25.1 Å².